The van der Waals surface area contributed by atoms with E-state index >= 15 is 0 Å². The molecule has 12 heteroatoms. The van der Waals surface area contributed by atoms with Crippen LogP contribution in [0.5, 0.6) is 5.75 Å². The standard InChI is InChI=1S/C18H16Cl2F3N5O.ClH/c1-9(10-3-2-4-12(18(21,22)23)15(10)29-6-5-24)26-16-11-7-14(19)25-8-13(11)27-17(20)28-16;/h2-4,7-9H,5-6,24H2,1H3,(H,26,27,28);1H/t9-;/m1./s1. The van der Waals surface area contributed by atoms with Gasteiger partial charge in [0.25, 0.3) is 0 Å². The van der Waals surface area contributed by atoms with E-state index in [9.17, 15) is 13.2 Å². The van der Waals surface area contributed by atoms with E-state index in [2.05, 4.69) is 20.3 Å². The van der Waals surface area contributed by atoms with Gasteiger partial charge in [-0.25, -0.2) is 15.0 Å². The summed E-state index contributed by atoms with van der Waals surface area (Å²) in [5.41, 5.74) is 5.25. The lowest BCUT2D eigenvalue weighted by molar-refractivity contribution is -0.139. The number of hydrogen-bond donors (Lipinski definition) is 2. The summed E-state index contributed by atoms with van der Waals surface area (Å²) in [5, 5.41) is 3.76. The normalized spacial score (nSPS) is 12.4. The average Bonchev–Trinajstić information content (AvgIpc) is 2.65. The summed E-state index contributed by atoms with van der Waals surface area (Å²) in [6.07, 6.45) is -3.15. The second kappa shape index (κ2) is 9.82. The van der Waals surface area contributed by atoms with Crippen molar-refractivity contribution in [1.82, 2.24) is 15.0 Å². The van der Waals surface area contributed by atoms with Crippen LogP contribution in [0.4, 0.5) is 19.0 Å². The minimum atomic E-state index is -4.58. The number of aromatic nitrogens is 3. The van der Waals surface area contributed by atoms with Gasteiger partial charge in [-0.1, -0.05) is 23.7 Å². The molecule has 0 saturated carbocycles. The molecule has 0 spiro atoms. The van der Waals surface area contributed by atoms with Crippen LogP contribution in [0.1, 0.15) is 24.1 Å². The molecule has 30 heavy (non-hydrogen) atoms. The Hall–Kier alpha value is -2.07. The predicted octanol–water partition coefficient (Wildman–Crippen LogP) is 5.28. The Morgan fingerprint density at radius 3 is 2.63 bits per heavy atom. The van der Waals surface area contributed by atoms with E-state index in [4.69, 9.17) is 33.7 Å². The van der Waals surface area contributed by atoms with Gasteiger partial charge >= 0.3 is 6.18 Å². The number of halogens is 6. The topological polar surface area (TPSA) is 86.0 Å². The zero-order chi connectivity index (χ0) is 21.2. The van der Waals surface area contributed by atoms with Crippen molar-refractivity contribution < 1.29 is 17.9 Å². The van der Waals surface area contributed by atoms with Crippen LogP contribution < -0.4 is 15.8 Å². The van der Waals surface area contributed by atoms with Gasteiger partial charge in [-0.2, -0.15) is 13.2 Å². The van der Waals surface area contributed by atoms with Crippen molar-refractivity contribution in [1.29, 1.82) is 0 Å². The van der Waals surface area contributed by atoms with Crippen molar-refractivity contribution in [2.45, 2.75) is 19.1 Å². The molecule has 0 bridgehead atoms. The first-order valence-corrected chi connectivity index (χ1v) is 9.24. The van der Waals surface area contributed by atoms with Crippen LogP contribution in [0.25, 0.3) is 10.9 Å². The molecule has 0 fully saturated rings. The van der Waals surface area contributed by atoms with Crippen molar-refractivity contribution in [3.8, 4) is 5.75 Å². The van der Waals surface area contributed by atoms with E-state index in [0.717, 1.165) is 6.07 Å². The van der Waals surface area contributed by atoms with Gasteiger partial charge < -0.3 is 15.8 Å². The van der Waals surface area contributed by atoms with E-state index < -0.39 is 17.8 Å². The number of fused-ring (bicyclic) bond motifs is 1. The van der Waals surface area contributed by atoms with Crippen molar-refractivity contribution in [2.24, 2.45) is 5.73 Å². The summed E-state index contributed by atoms with van der Waals surface area (Å²) in [7, 11) is 0. The van der Waals surface area contributed by atoms with Gasteiger partial charge in [-0.15, -0.1) is 12.4 Å². The molecule has 1 atom stereocenters. The van der Waals surface area contributed by atoms with Crippen molar-refractivity contribution in [3.05, 3.63) is 52.0 Å². The van der Waals surface area contributed by atoms with Gasteiger partial charge in [-0.05, 0) is 30.7 Å². The fraction of sp³-hybridized carbons (Fsp3) is 0.278. The van der Waals surface area contributed by atoms with Crippen molar-refractivity contribution in [3.63, 3.8) is 0 Å². The fourth-order valence-corrected chi connectivity index (χ4v) is 3.15. The molecule has 3 rings (SSSR count). The van der Waals surface area contributed by atoms with Crippen LogP contribution in [0.15, 0.2) is 30.5 Å². The van der Waals surface area contributed by atoms with Crippen LogP contribution in [0.3, 0.4) is 0 Å². The van der Waals surface area contributed by atoms with Gasteiger partial charge in [0, 0.05) is 17.5 Å². The predicted molar refractivity (Wildman–Crippen MR) is 113 cm³/mol. The van der Waals surface area contributed by atoms with Crippen LogP contribution >= 0.6 is 35.6 Å². The maximum Gasteiger partial charge on any atom is 0.419 e. The summed E-state index contributed by atoms with van der Waals surface area (Å²) in [6, 6.07) is 4.74. The number of pyridine rings is 1. The Kier molecular flexibility index (Phi) is 7.93. The fourth-order valence-electron chi connectivity index (χ4n) is 2.81. The molecule has 3 N–H and O–H groups in total. The second-order valence-corrected chi connectivity index (χ2v) is 6.82. The number of ether oxygens (including phenoxy) is 1. The quantitative estimate of drug-likeness (QED) is 0.367. The van der Waals surface area contributed by atoms with Crippen LogP contribution in [0.2, 0.25) is 10.4 Å². The minimum absolute atomic E-state index is 0. The van der Waals surface area contributed by atoms with E-state index in [1.807, 2.05) is 0 Å². The van der Waals surface area contributed by atoms with E-state index in [1.165, 1.54) is 18.3 Å². The molecule has 6 nitrogen and oxygen atoms in total. The van der Waals surface area contributed by atoms with Gasteiger partial charge in [-0.3, -0.25) is 0 Å². The first-order valence-electron chi connectivity index (χ1n) is 8.49. The Labute approximate surface area is 186 Å². The first-order chi connectivity index (χ1) is 13.7. The molecular weight excluding hydrogens is 466 g/mol. The summed E-state index contributed by atoms with van der Waals surface area (Å²) < 4.78 is 45.7. The third-order valence-corrected chi connectivity index (χ3v) is 4.43. The van der Waals surface area contributed by atoms with E-state index in [1.54, 1.807) is 13.0 Å². The van der Waals surface area contributed by atoms with Gasteiger partial charge in [0.2, 0.25) is 5.28 Å². The highest BCUT2D eigenvalue weighted by molar-refractivity contribution is 6.30. The molecular formula is C18H17Cl3F3N5O. The number of benzene rings is 1. The maximum atomic E-state index is 13.5. The number of hydrogen-bond acceptors (Lipinski definition) is 6. The zero-order valence-electron chi connectivity index (χ0n) is 15.5. The highest BCUT2D eigenvalue weighted by Gasteiger charge is 2.36. The molecule has 0 radical (unpaired) electrons. The van der Waals surface area contributed by atoms with Crippen LogP contribution in [-0.4, -0.2) is 28.1 Å². The number of alkyl halides is 3. The highest BCUT2D eigenvalue weighted by Crippen LogP contribution is 2.41. The van der Waals surface area contributed by atoms with Gasteiger partial charge in [0.15, 0.2) is 0 Å². The number of para-hydroxylation sites is 1. The van der Waals surface area contributed by atoms with Crippen molar-refractivity contribution in [2.75, 3.05) is 18.5 Å². The minimum Gasteiger partial charge on any atom is -0.491 e. The number of nitrogens with zero attached hydrogens (tertiary/aromatic N) is 3. The Bertz CT molecular complexity index is 1040. The Morgan fingerprint density at radius 1 is 1.23 bits per heavy atom. The molecule has 3 aromatic rings. The molecule has 0 aliphatic rings. The lowest BCUT2D eigenvalue weighted by atomic mass is 10.0. The number of rotatable bonds is 6. The van der Waals surface area contributed by atoms with Gasteiger partial charge in [0.05, 0.1) is 23.3 Å². The lowest BCUT2D eigenvalue weighted by Gasteiger charge is -2.22. The Morgan fingerprint density at radius 2 is 1.97 bits per heavy atom. The largest absolute Gasteiger partial charge is 0.491 e. The van der Waals surface area contributed by atoms with E-state index in [0.29, 0.717) is 16.7 Å². The molecule has 2 aromatic heterocycles. The molecule has 2 heterocycles. The lowest BCUT2D eigenvalue weighted by Crippen LogP contribution is -2.18. The van der Waals surface area contributed by atoms with Crippen LogP contribution in [-0.2, 0) is 6.18 Å². The summed E-state index contributed by atoms with van der Waals surface area (Å²) >= 11 is 11.9. The van der Waals surface area contributed by atoms with E-state index in [-0.39, 0.29) is 47.3 Å². The summed E-state index contributed by atoms with van der Waals surface area (Å²) in [4.78, 5) is 12.2. The molecule has 0 amide bonds. The highest BCUT2D eigenvalue weighted by atomic mass is 35.5. The SMILES string of the molecule is C[C@@H](Nc1nc(Cl)nc2cnc(Cl)cc12)c1cccc(C(F)(F)F)c1OCCN.Cl. The zero-order valence-corrected chi connectivity index (χ0v) is 17.8. The number of nitrogens with two attached hydrogens (primary N) is 1. The third kappa shape index (κ3) is 5.34. The average molecular weight is 483 g/mol. The molecule has 0 saturated heterocycles. The van der Waals surface area contributed by atoms with Crippen LogP contribution in [0, 0.1) is 0 Å². The smallest absolute Gasteiger partial charge is 0.419 e. The van der Waals surface area contributed by atoms with Crippen molar-refractivity contribution >= 4 is 52.3 Å². The molecule has 0 aliphatic heterocycles. The Balaban J connectivity index is 0.00000320. The number of anilines is 1. The van der Waals surface area contributed by atoms with Gasteiger partial charge in [0.1, 0.15) is 23.3 Å². The molecule has 0 unspecified atom stereocenters. The number of nitrogens with one attached hydrogen (secondary N) is 1. The molecule has 162 valence electrons. The third-order valence-electron chi connectivity index (χ3n) is 4.06. The first kappa shape index (κ1) is 24.2. The monoisotopic (exact) mass is 481 g/mol. The molecule has 1 aromatic carbocycles. The maximum absolute atomic E-state index is 13.5. The molecule has 0 aliphatic carbocycles. The summed E-state index contributed by atoms with van der Waals surface area (Å²) in [6.45, 7) is 1.69. The summed E-state index contributed by atoms with van der Waals surface area (Å²) in [5.74, 6) is 0.0218. The second-order valence-electron chi connectivity index (χ2n) is 6.09.